The van der Waals surface area contributed by atoms with Crippen LogP contribution in [-0.2, 0) is 4.74 Å². The number of rotatable bonds is 3. The molecule has 2 amide bonds. The van der Waals surface area contributed by atoms with E-state index in [0.717, 1.165) is 11.1 Å². The van der Waals surface area contributed by atoms with Crippen LogP contribution in [0.2, 0.25) is 0 Å². The van der Waals surface area contributed by atoms with E-state index in [4.69, 9.17) is 4.74 Å². The number of hydrogen-bond donors (Lipinski definition) is 2. The maximum atomic E-state index is 12.7. The molecule has 5 heteroatoms. The van der Waals surface area contributed by atoms with Crippen LogP contribution in [0, 0.1) is 0 Å². The Kier molecular flexibility index (Phi) is 5.01. The largest absolute Gasteiger partial charge is 0.508 e. The lowest BCUT2D eigenvalue weighted by molar-refractivity contribution is 0.0111. The summed E-state index contributed by atoms with van der Waals surface area (Å²) in [5.41, 5.74) is 1.94. The van der Waals surface area contributed by atoms with E-state index in [2.05, 4.69) is 5.32 Å². The molecule has 2 atom stereocenters. The standard InChI is InChI=1S/C19H22N2O3/c1-14(16-8-5-9-17(22)12-16)20-19(23)21-10-11-24-13-18(21)15-6-3-2-4-7-15/h2-9,12,14,18,22H,10-11,13H2,1H3,(H,20,23)/t14-,18+/m1/s1. The Labute approximate surface area is 141 Å². The Morgan fingerprint density at radius 2 is 2.04 bits per heavy atom. The average molecular weight is 326 g/mol. The molecule has 1 aliphatic rings. The number of phenolic OH excluding ortho intramolecular Hbond substituents is 1. The van der Waals surface area contributed by atoms with E-state index in [0.29, 0.717) is 19.8 Å². The summed E-state index contributed by atoms with van der Waals surface area (Å²) in [6.07, 6.45) is 0. The molecule has 5 nitrogen and oxygen atoms in total. The molecule has 2 aromatic carbocycles. The molecule has 2 aromatic rings. The Morgan fingerprint density at radius 1 is 1.25 bits per heavy atom. The van der Waals surface area contributed by atoms with Crippen molar-refractivity contribution in [2.45, 2.75) is 19.0 Å². The molecule has 0 aromatic heterocycles. The molecule has 2 N–H and O–H groups in total. The molecule has 0 aliphatic carbocycles. The topological polar surface area (TPSA) is 61.8 Å². The van der Waals surface area contributed by atoms with Gasteiger partial charge in [-0.2, -0.15) is 0 Å². The Morgan fingerprint density at radius 3 is 2.79 bits per heavy atom. The zero-order chi connectivity index (χ0) is 16.9. The molecule has 1 heterocycles. The van der Waals surface area contributed by atoms with E-state index >= 15 is 0 Å². The van der Waals surface area contributed by atoms with Gasteiger partial charge in [-0.15, -0.1) is 0 Å². The average Bonchev–Trinajstić information content (AvgIpc) is 2.62. The van der Waals surface area contributed by atoms with Crippen molar-refractivity contribution in [2.24, 2.45) is 0 Å². The van der Waals surface area contributed by atoms with E-state index < -0.39 is 0 Å². The van der Waals surface area contributed by atoms with Crippen molar-refractivity contribution >= 4 is 6.03 Å². The molecule has 0 radical (unpaired) electrons. The number of carbonyl (C=O) groups is 1. The number of carbonyl (C=O) groups excluding carboxylic acids is 1. The van der Waals surface area contributed by atoms with Gasteiger partial charge in [0.15, 0.2) is 0 Å². The normalized spacial score (nSPS) is 18.9. The second kappa shape index (κ2) is 7.36. The summed E-state index contributed by atoms with van der Waals surface area (Å²) in [6.45, 7) is 3.50. The van der Waals surface area contributed by atoms with Crippen LogP contribution < -0.4 is 5.32 Å². The molecule has 0 saturated carbocycles. The van der Waals surface area contributed by atoms with Gasteiger partial charge < -0.3 is 20.1 Å². The highest BCUT2D eigenvalue weighted by Gasteiger charge is 2.29. The number of hydrogen-bond acceptors (Lipinski definition) is 3. The summed E-state index contributed by atoms with van der Waals surface area (Å²) < 4.78 is 5.57. The first-order valence-electron chi connectivity index (χ1n) is 8.14. The van der Waals surface area contributed by atoms with Gasteiger partial charge in [-0.1, -0.05) is 42.5 Å². The Bertz CT molecular complexity index is 690. The molecular formula is C19H22N2O3. The first kappa shape index (κ1) is 16.3. The molecule has 1 aliphatic heterocycles. The molecule has 0 bridgehead atoms. The van der Waals surface area contributed by atoms with Gasteiger partial charge in [0.2, 0.25) is 0 Å². The van der Waals surface area contributed by atoms with Crippen molar-refractivity contribution in [1.82, 2.24) is 10.2 Å². The maximum Gasteiger partial charge on any atom is 0.318 e. The molecule has 1 saturated heterocycles. The van der Waals surface area contributed by atoms with Crippen LogP contribution in [-0.4, -0.2) is 35.8 Å². The lowest BCUT2D eigenvalue weighted by Gasteiger charge is -2.36. The fraction of sp³-hybridized carbons (Fsp3) is 0.316. The van der Waals surface area contributed by atoms with E-state index in [9.17, 15) is 9.90 Å². The van der Waals surface area contributed by atoms with E-state index in [1.54, 1.807) is 18.2 Å². The van der Waals surface area contributed by atoms with Crippen molar-refractivity contribution in [2.75, 3.05) is 19.8 Å². The van der Waals surface area contributed by atoms with E-state index in [1.807, 2.05) is 48.2 Å². The number of nitrogens with zero attached hydrogens (tertiary/aromatic N) is 1. The molecular weight excluding hydrogens is 304 g/mol. The third-order valence-electron chi connectivity index (χ3n) is 4.28. The van der Waals surface area contributed by atoms with Crippen LogP contribution in [0.4, 0.5) is 4.79 Å². The van der Waals surface area contributed by atoms with Gasteiger partial charge >= 0.3 is 6.03 Å². The second-order valence-electron chi connectivity index (χ2n) is 5.96. The Hall–Kier alpha value is -2.53. The number of ether oxygens (including phenoxy) is 1. The predicted molar refractivity (Wildman–Crippen MR) is 91.8 cm³/mol. The molecule has 3 rings (SSSR count). The van der Waals surface area contributed by atoms with Crippen molar-refractivity contribution in [3.05, 3.63) is 65.7 Å². The molecule has 0 unspecified atom stereocenters. The van der Waals surface area contributed by atoms with Gasteiger partial charge in [-0.05, 0) is 30.2 Å². The van der Waals surface area contributed by atoms with Crippen LogP contribution in [0.1, 0.15) is 30.1 Å². The van der Waals surface area contributed by atoms with E-state index in [1.165, 1.54) is 0 Å². The van der Waals surface area contributed by atoms with Gasteiger partial charge in [0.1, 0.15) is 5.75 Å². The lowest BCUT2D eigenvalue weighted by Crippen LogP contribution is -2.48. The van der Waals surface area contributed by atoms with Crippen molar-refractivity contribution in [3.8, 4) is 5.75 Å². The highest BCUT2D eigenvalue weighted by Crippen LogP contribution is 2.25. The minimum atomic E-state index is -0.191. The van der Waals surface area contributed by atoms with Crippen LogP contribution >= 0.6 is 0 Å². The molecule has 0 spiro atoms. The number of phenols is 1. The number of morpholine rings is 1. The monoisotopic (exact) mass is 326 g/mol. The van der Waals surface area contributed by atoms with E-state index in [-0.39, 0.29) is 23.9 Å². The SMILES string of the molecule is C[C@@H](NC(=O)N1CCOC[C@H]1c1ccccc1)c1cccc(O)c1. The lowest BCUT2D eigenvalue weighted by atomic mass is 10.1. The van der Waals surface area contributed by atoms with Gasteiger partial charge in [0.25, 0.3) is 0 Å². The summed E-state index contributed by atoms with van der Waals surface area (Å²) in [6, 6.07) is 16.5. The number of aromatic hydroxyl groups is 1. The maximum absolute atomic E-state index is 12.7. The van der Waals surface area contributed by atoms with Crippen molar-refractivity contribution in [3.63, 3.8) is 0 Å². The zero-order valence-corrected chi connectivity index (χ0v) is 13.7. The fourth-order valence-corrected chi connectivity index (χ4v) is 2.94. The highest BCUT2D eigenvalue weighted by molar-refractivity contribution is 5.75. The summed E-state index contributed by atoms with van der Waals surface area (Å²) in [5.74, 6) is 0.196. The third kappa shape index (κ3) is 3.68. The highest BCUT2D eigenvalue weighted by atomic mass is 16.5. The van der Waals surface area contributed by atoms with Crippen LogP contribution in [0.25, 0.3) is 0 Å². The minimum absolute atomic E-state index is 0.0867. The van der Waals surface area contributed by atoms with Crippen LogP contribution in [0.5, 0.6) is 5.75 Å². The smallest absolute Gasteiger partial charge is 0.318 e. The van der Waals surface area contributed by atoms with Crippen LogP contribution in [0.15, 0.2) is 54.6 Å². The summed E-state index contributed by atoms with van der Waals surface area (Å²) in [5, 5.41) is 12.6. The summed E-state index contributed by atoms with van der Waals surface area (Å²) in [7, 11) is 0. The molecule has 126 valence electrons. The summed E-state index contributed by atoms with van der Waals surface area (Å²) in [4.78, 5) is 14.6. The van der Waals surface area contributed by atoms with Crippen molar-refractivity contribution in [1.29, 1.82) is 0 Å². The summed E-state index contributed by atoms with van der Waals surface area (Å²) >= 11 is 0. The van der Waals surface area contributed by atoms with Crippen LogP contribution in [0.3, 0.4) is 0 Å². The number of nitrogens with one attached hydrogen (secondary N) is 1. The van der Waals surface area contributed by atoms with Gasteiger partial charge in [-0.3, -0.25) is 0 Å². The first-order valence-corrected chi connectivity index (χ1v) is 8.14. The minimum Gasteiger partial charge on any atom is -0.508 e. The molecule has 1 fully saturated rings. The fourth-order valence-electron chi connectivity index (χ4n) is 2.94. The molecule has 24 heavy (non-hydrogen) atoms. The Balaban J connectivity index is 1.72. The second-order valence-corrected chi connectivity index (χ2v) is 5.96. The van der Waals surface area contributed by atoms with Crippen molar-refractivity contribution < 1.29 is 14.6 Å². The van der Waals surface area contributed by atoms with Gasteiger partial charge in [0.05, 0.1) is 25.3 Å². The van der Waals surface area contributed by atoms with Gasteiger partial charge in [-0.25, -0.2) is 4.79 Å². The number of benzene rings is 2. The number of amides is 2. The third-order valence-corrected chi connectivity index (χ3v) is 4.28. The number of urea groups is 1. The first-order chi connectivity index (χ1) is 11.6. The van der Waals surface area contributed by atoms with Gasteiger partial charge in [0, 0.05) is 6.54 Å². The zero-order valence-electron chi connectivity index (χ0n) is 13.7. The predicted octanol–water partition coefficient (Wildman–Crippen LogP) is 3.24. The quantitative estimate of drug-likeness (QED) is 0.910.